The summed E-state index contributed by atoms with van der Waals surface area (Å²) in [7, 11) is 1.70. The average Bonchev–Trinajstić information content (AvgIpc) is 2.16. The van der Waals surface area contributed by atoms with Crippen LogP contribution in [0.1, 0.15) is 5.56 Å². The molecule has 0 aliphatic rings. The van der Waals surface area contributed by atoms with Crippen LogP contribution >= 0.6 is 0 Å². The molecule has 0 aliphatic heterocycles. The maximum Gasteiger partial charge on any atom is 0.168 e. The lowest BCUT2D eigenvalue weighted by Gasteiger charge is -2.03. The molecule has 1 rings (SSSR count). The van der Waals surface area contributed by atoms with Crippen LogP contribution in [0.25, 0.3) is 0 Å². The van der Waals surface area contributed by atoms with Crippen LogP contribution in [-0.4, -0.2) is 24.0 Å². The summed E-state index contributed by atoms with van der Waals surface area (Å²) in [5.41, 5.74) is 0.461. The van der Waals surface area contributed by atoms with Gasteiger partial charge in [-0.25, -0.2) is 4.98 Å². The number of nitrogens with one attached hydrogen (secondary N) is 2. The number of pyridine rings is 1. The van der Waals surface area contributed by atoms with E-state index < -0.39 is 0 Å². The Kier molecular flexibility index (Phi) is 2.53. The second-order valence-electron chi connectivity index (χ2n) is 2.18. The van der Waals surface area contributed by atoms with Crippen molar-refractivity contribution < 1.29 is 4.79 Å². The largest absolute Gasteiger partial charge is 0.373 e. The van der Waals surface area contributed by atoms with Gasteiger partial charge < -0.3 is 5.32 Å². The lowest BCUT2D eigenvalue weighted by atomic mass is 10.2. The van der Waals surface area contributed by atoms with Crippen LogP contribution < -0.4 is 5.32 Å². The molecule has 1 heterocycles. The normalized spacial score (nSPS) is 9.08. The number of hydrogen-bond donors (Lipinski definition) is 2. The first-order valence-electron chi connectivity index (χ1n) is 3.46. The lowest BCUT2D eigenvalue weighted by Crippen LogP contribution is -2.05. The molecule has 0 bridgehead atoms. The van der Waals surface area contributed by atoms with Crippen molar-refractivity contribution in [2.45, 2.75) is 0 Å². The first kappa shape index (κ1) is 8.39. The highest BCUT2D eigenvalue weighted by molar-refractivity contribution is 6.36. The van der Waals surface area contributed by atoms with Gasteiger partial charge in [0.2, 0.25) is 0 Å². The molecule has 0 aromatic carbocycles. The van der Waals surface area contributed by atoms with E-state index >= 15 is 0 Å². The van der Waals surface area contributed by atoms with Gasteiger partial charge in [0.15, 0.2) is 6.29 Å². The van der Waals surface area contributed by atoms with Crippen molar-refractivity contribution in [2.75, 3.05) is 12.4 Å². The van der Waals surface area contributed by atoms with Gasteiger partial charge in [-0.15, -0.1) is 0 Å². The van der Waals surface area contributed by atoms with Gasteiger partial charge in [-0.05, 0) is 12.1 Å². The third-order valence-electron chi connectivity index (χ3n) is 1.45. The van der Waals surface area contributed by atoms with E-state index in [1.165, 1.54) is 0 Å². The van der Waals surface area contributed by atoms with E-state index in [4.69, 9.17) is 5.41 Å². The zero-order valence-corrected chi connectivity index (χ0v) is 6.66. The Balaban J connectivity index is 3.13. The second-order valence-corrected chi connectivity index (χ2v) is 2.18. The Morgan fingerprint density at radius 2 is 2.50 bits per heavy atom. The van der Waals surface area contributed by atoms with Gasteiger partial charge in [0.25, 0.3) is 0 Å². The highest BCUT2D eigenvalue weighted by atomic mass is 16.1. The van der Waals surface area contributed by atoms with Crippen LogP contribution in [0.4, 0.5) is 5.82 Å². The van der Waals surface area contributed by atoms with E-state index in [-0.39, 0.29) is 5.71 Å². The molecule has 0 saturated carbocycles. The first-order chi connectivity index (χ1) is 5.79. The fraction of sp³-hybridized carbons (Fsp3) is 0.125. The molecule has 2 N–H and O–H groups in total. The van der Waals surface area contributed by atoms with E-state index in [1.54, 1.807) is 25.4 Å². The monoisotopic (exact) mass is 163 g/mol. The van der Waals surface area contributed by atoms with Crippen molar-refractivity contribution in [2.24, 2.45) is 0 Å². The highest BCUT2D eigenvalue weighted by Crippen LogP contribution is 2.09. The molecule has 1 aromatic rings. The molecular weight excluding hydrogens is 154 g/mol. The molecular formula is C8H9N3O. The summed E-state index contributed by atoms with van der Waals surface area (Å²) < 4.78 is 0. The van der Waals surface area contributed by atoms with Crippen molar-refractivity contribution in [3.63, 3.8) is 0 Å². The van der Waals surface area contributed by atoms with Gasteiger partial charge in [-0.3, -0.25) is 10.2 Å². The minimum absolute atomic E-state index is 0.0625. The van der Waals surface area contributed by atoms with E-state index in [0.717, 1.165) is 0 Å². The van der Waals surface area contributed by atoms with Crippen LogP contribution in [0, 0.1) is 5.41 Å². The van der Waals surface area contributed by atoms with Gasteiger partial charge in [-0.2, -0.15) is 0 Å². The lowest BCUT2D eigenvalue weighted by molar-refractivity contribution is -0.102. The summed E-state index contributed by atoms with van der Waals surface area (Å²) >= 11 is 0. The SMILES string of the molecule is CNc1ncccc1C(=N)C=O. The standard InChI is InChI=1S/C8H9N3O/c1-10-8-6(7(9)5-12)3-2-4-11-8/h2-5,9H,1H3,(H,10,11). The number of aromatic nitrogens is 1. The molecule has 0 atom stereocenters. The summed E-state index contributed by atoms with van der Waals surface area (Å²) in [4.78, 5) is 14.2. The molecule has 0 spiro atoms. The fourth-order valence-electron chi connectivity index (χ4n) is 0.885. The van der Waals surface area contributed by atoms with Crippen LogP contribution in [-0.2, 0) is 4.79 Å². The van der Waals surface area contributed by atoms with Crippen molar-refractivity contribution in [1.82, 2.24) is 4.98 Å². The van der Waals surface area contributed by atoms with Crippen LogP contribution in [0.15, 0.2) is 18.3 Å². The van der Waals surface area contributed by atoms with E-state index in [0.29, 0.717) is 17.7 Å². The molecule has 12 heavy (non-hydrogen) atoms. The second kappa shape index (κ2) is 3.61. The molecule has 0 radical (unpaired) electrons. The van der Waals surface area contributed by atoms with Gasteiger partial charge in [0, 0.05) is 18.8 Å². The Morgan fingerprint density at radius 3 is 3.08 bits per heavy atom. The topological polar surface area (TPSA) is 65.8 Å². The van der Waals surface area contributed by atoms with Crippen molar-refractivity contribution in [3.8, 4) is 0 Å². The van der Waals surface area contributed by atoms with Gasteiger partial charge in [0.05, 0.1) is 0 Å². The quantitative estimate of drug-likeness (QED) is 0.509. The van der Waals surface area contributed by atoms with Crippen molar-refractivity contribution in [3.05, 3.63) is 23.9 Å². The van der Waals surface area contributed by atoms with E-state index in [2.05, 4.69) is 10.3 Å². The molecule has 4 nitrogen and oxygen atoms in total. The number of carbonyl (C=O) groups is 1. The molecule has 62 valence electrons. The molecule has 0 saturated heterocycles. The molecule has 0 unspecified atom stereocenters. The van der Waals surface area contributed by atoms with Crippen molar-refractivity contribution in [1.29, 1.82) is 5.41 Å². The van der Waals surface area contributed by atoms with E-state index in [9.17, 15) is 4.79 Å². The summed E-state index contributed by atoms with van der Waals surface area (Å²) in [5, 5.41) is 10.1. The molecule has 0 amide bonds. The minimum Gasteiger partial charge on any atom is -0.373 e. The molecule has 0 fully saturated rings. The van der Waals surface area contributed by atoms with Crippen LogP contribution in [0.3, 0.4) is 0 Å². The first-order valence-corrected chi connectivity index (χ1v) is 3.46. The number of anilines is 1. The smallest absolute Gasteiger partial charge is 0.168 e. The summed E-state index contributed by atoms with van der Waals surface area (Å²) in [5.74, 6) is 0.551. The molecule has 4 heteroatoms. The molecule has 0 aliphatic carbocycles. The highest BCUT2D eigenvalue weighted by Gasteiger charge is 2.04. The summed E-state index contributed by atoms with van der Waals surface area (Å²) in [6.45, 7) is 0. The summed E-state index contributed by atoms with van der Waals surface area (Å²) in [6, 6.07) is 3.36. The van der Waals surface area contributed by atoms with E-state index in [1.807, 2.05) is 0 Å². The van der Waals surface area contributed by atoms with Gasteiger partial charge >= 0.3 is 0 Å². The Labute approximate surface area is 70.1 Å². The van der Waals surface area contributed by atoms with Crippen molar-refractivity contribution >= 4 is 17.8 Å². The maximum absolute atomic E-state index is 10.3. The number of nitrogens with zero attached hydrogens (tertiary/aromatic N) is 1. The number of aldehydes is 1. The molecule has 1 aromatic heterocycles. The van der Waals surface area contributed by atoms with Gasteiger partial charge in [-0.1, -0.05) is 0 Å². The average molecular weight is 163 g/mol. The Hall–Kier alpha value is -1.71. The van der Waals surface area contributed by atoms with Crippen LogP contribution in [0.5, 0.6) is 0 Å². The van der Waals surface area contributed by atoms with Gasteiger partial charge in [0.1, 0.15) is 11.5 Å². The van der Waals surface area contributed by atoms with Crippen LogP contribution in [0.2, 0.25) is 0 Å². The summed E-state index contributed by atoms with van der Waals surface area (Å²) in [6.07, 6.45) is 2.10. The zero-order valence-electron chi connectivity index (χ0n) is 6.66. The maximum atomic E-state index is 10.3. The third kappa shape index (κ3) is 1.47. The number of hydrogen-bond acceptors (Lipinski definition) is 4. The number of rotatable bonds is 3. The fourth-order valence-corrected chi connectivity index (χ4v) is 0.885. The zero-order chi connectivity index (χ0) is 8.97. The third-order valence-corrected chi connectivity index (χ3v) is 1.45. The Morgan fingerprint density at radius 1 is 1.75 bits per heavy atom. The predicted octanol–water partition coefficient (Wildman–Crippen LogP) is 0.690. The minimum atomic E-state index is -0.0625. The predicted molar refractivity (Wildman–Crippen MR) is 46.7 cm³/mol. The number of carbonyl (C=O) groups excluding carboxylic acids is 1. The Bertz CT molecular complexity index is 309.